The Kier molecular flexibility index (Phi) is 5.21. The highest BCUT2D eigenvalue weighted by Gasteiger charge is 2.16. The Morgan fingerprint density at radius 3 is 2.29 bits per heavy atom. The molecule has 0 radical (unpaired) electrons. The number of hydrogen-bond donors (Lipinski definition) is 1. The predicted octanol–water partition coefficient (Wildman–Crippen LogP) is 3.41. The highest BCUT2D eigenvalue weighted by Crippen LogP contribution is 2.24. The molecule has 0 aliphatic rings. The van der Waals surface area contributed by atoms with Crippen molar-refractivity contribution in [1.82, 2.24) is 0 Å². The third kappa shape index (κ3) is 4.24. The molecule has 0 bridgehead atoms. The zero-order chi connectivity index (χ0) is 15.1. The molecule has 1 atom stereocenters. The van der Waals surface area contributed by atoms with Crippen LogP contribution in [0.1, 0.15) is 18.0 Å². The quantitative estimate of drug-likeness (QED) is 0.826. The normalized spacial score (nSPS) is 11.5. The van der Waals surface area contributed by atoms with Crippen LogP contribution in [0.25, 0.3) is 0 Å². The van der Waals surface area contributed by atoms with E-state index in [1.807, 2.05) is 54.6 Å². The molecule has 2 aromatic rings. The number of rotatable bonds is 6. The molecule has 0 saturated carbocycles. The molecule has 4 heteroatoms. The lowest BCUT2D eigenvalue weighted by atomic mass is 10.0. The molecule has 0 heterocycles. The smallest absolute Gasteiger partial charge is 0.307 e. The van der Waals surface area contributed by atoms with Crippen molar-refractivity contribution in [3.05, 3.63) is 60.2 Å². The second kappa shape index (κ2) is 7.33. The maximum absolute atomic E-state index is 11.6. The van der Waals surface area contributed by atoms with E-state index >= 15 is 0 Å². The molecule has 2 aromatic carbocycles. The first-order valence-corrected chi connectivity index (χ1v) is 6.75. The Bertz CT molecular complexity index is 566. The van der Waals surface area contributed by atoms with E-state index in [-0.39, 0.29) is 18.4 Å². The van der Waals surface area contributed by atoms with Gasteiger partial charge in [-0.1, -0.05) is 30.3 Å². The van der Waals surface area contributed by atoms with E-state index in [0.29, 0.717) is 0 Å². The number of anilines is 1. The van der Waals surface area contributed by atoms with Crippen LogP contribution in [-0.2, 0) is 9.53 Å². The second-order valence-electron chi connectivity index (χ2n) is 4.62. The van der Waals surface area contributed by atoms with Crippen molar-refractivity contribution in [3.63, 3.8) is 0 Å². The van der Waals surface area contributed by atoms with Crippen LogP contribution in [0.15, 0.2) is 54.6 Å². The summed E-state index contributed by atoms with van der Waals surface area (Å²) < 4.78 is 9.92. The van der Waals surface area contributed by atoms with Crippen LogP contribution in [-0.4, -0.2) is 20.2 Å². The monoisotopic (exact) mass is 285 g/mol. The first kappa shape index (κ1) is 14.9. The van der Waals surface area contributed by atoms with Crippen LogP contribution in [0, 0.1) is 0 Å². The van der Waals surface area contributed by atoms with Gasteiger partial charge in [-0.2, -0.15) is 0 Å². The maximum atomic E-state index is 11.6. The Hall–Kier alpha value is -2.49. The molecule has 0 aliphatic carbocycles. The zero-order valence-corrected chi connectivity index (χ0v) is 12.2. The number of esters is 1. The Morgan fingerprint density at radius 1 is 1.05 bits per heavy atom. The molecule has 2 rings (SSSR count). The Balaban J connectivity index is 2.16. The minimum absolute atomic E-state index is 0.132. The Labute approximate surface area is 124 Å². The second-order valence-corrected chi connectivity index (χ2v) is 4.62. The fourth-order valence-electron chi connectivity index (χ4n) is 2.08. The van der Waals surface area contributed by atoms with Crippen LogP contribution >= 0.6 is 0 Å². The van der Waals surface area contributed by atoms with Gasteiger partial charge in [0.25, 0.3) is 0 Å². The van der Waals surface area contributed by atoms with E-state index < -0.39 is 0 Å². The van der Waals surface area contributed by atoms with Gasteiger partial charge in [0.05, 0.1) is 26.7 Å². The van der Waals surface area contributed by atoms with Crippen LogP contribution in [0.3, 0.4) is 0 Å². The van der Waals surface area contributed by atoms with Gasteiger partial charge in [-0.25, -0.2) is 0 Å². The number of carbonyl (C=O) groups excluding carboxylic acids is 1. The van der Waals surface area contributed by atoms with Gasteiger partial charge in [0, 0.05) is 5.69 Å². The fourth-order valence-corrected chi connectivity index (χ4v) is 2.08. The average molecular weight is 285 g/mol. The van der Waals surface area contributed by atoms with Gasteiger partial charge in [-0.05, 0) is 29.8 Å². The predicted molar refractivity (Wildman–Crippen MR) is 82.4 cm³/mol. The molecular weight excluding hydrogens is 266 g/mol. The highest BCUT2D eigenvalue weighted by atomic mass is 16.5. The third-order valence-corrected chi connectivity index (χ3v) is 3.23. The summed E-state index contributed by atoms with van der Waals surface area (Å²) in [5.41, 5.74) is 1.97. The maximum Gasteiger partial charge on any atom is 0.307 e. The number of nitrogens with one attached hydrogen (secondary N) is 1. The minimum atomic E-state index is -0.245. The van der Waals surface area contributed by atoms with E-state index in [9.17, 15) is 4.79 Å². The van der Waals surface area contributed by atoms with Gasteiger partial charge in [0.2, 0.25) is 0 Å². The summed E-state index contributed by atoms with van der Waals surface area (Å²) in [5.74, 6) is 0.551. The number of carbonyl (C=O) groups is 1. The molecular formula is C17H19NO3. The molecule has 0 unspecified atom stereocenters. The largest absolute Gasteiger partial charge is 0.497 e. The molecule has 0 aromatic heterocycles. The molecule has 4 nitrogen and oxygen atoms in total. The lowest BCUT2D eigenvalue weighted by Gasteiger charge is -2.19. The molecule has 0 amide bonds. The summed E-state index contributed by atoms with van der Waals surface area (Å²) in [6.07, 6.45) is 0.270. The van der Waals surface area contributed by atoms with Crippen molar-refractivity contribution in [2.24, 2.45) is 0 Å². The van der Waals surface area contributed by atoms with E-state index in [1.165, 1.54) is 7.11 Å². The Morgan fingerprint density at radius 2 is 1.71 bits per heavy atom. The van der Waals surface area contributed by atoms with Crippen molar-refractivity contribution in [3.8, 4) is 5.75 Å². The van der Waals surface area contributed by atoms with Crippen molar-refractivity contribution < 1.29 is 14.3 Å². The topological polar surface area (TPSA) is 47.6 Å². The third-order valence-electron chi connectivity index (χ3n) is 3.23. The molecule has 110 valence electrons. The van der Waals surface area contributed by atoms with Crippen LogP contribution in [0.2, 0.25) is 0 Å². The molecule has 1 N–H and O–H groups in total. The minimum Gasteiger partial charge on any atom is -0.497 e. The van der Waals surface area contributed by atoms with Gasteiger partial charge < -0.3 is 14.8 Å². The van der Waals surface area contributed by atoms with E-state index in [0.717, 1.165) is 17.0 Å². The van der Waals surface area contributed by atoms with Crippen molar-refractivity contribution >= 4 is 11.7 Å². The summed E-state index contributed by atoms with van der Waals surface area (Å²) in [6, 6.07) is 17.3. The lowest BCUT2D eigenvalue weighted by molar-refractivity contribution is -0.140. The summed E-state index contributed by atoms with van der Waals surface area (Å²) in [5, 5.41) is 3.36. The molecule has 0 spiro atoms. The van der Waals surface area contributed by atoms with Crippen molar-refractivity contribution in [2.45, 2.75) is 12.5 Å². The van der Waals surface area contributed by atoms with Gasteiger partial charge in [0.1, 0.15) is 5.75 Å². The van der Waals surface area contributed by atoms with Crippen molar-refractivity contribution in [2.75, 3.05) is 19.5 Å². The van der Waals surface area contributed by atoms with E-state index in [4.69, 9.17) is 9.47 Å². The van der Waals surface area contributed by atoms with Gasteiger partial charge >= 0.3 is 5.97 Å². The average Bonchev–Trinajstić information content (AvgIpc) is 2.55. The first-order valence-electron chi connectivity index (χ1n) is 6.75. The first-order chi connectivity index (χ1) is 10.2. The molecule has 21 heavy (non-hydrogen) atoms. The number of methoxy groups -OCH3 is 2. The van der Waals surface area contributed by atoms with Crippen LogP contribution in [0.5, 0.6) is 5.75 Å². The van der Waals surface area contributed by atoms with E-state index in [2.05, 4.69) is 5.32 Å². The van der Waals surface area contributed by atoms with Crippen molar-refractivity contribution in [1.29, 1.82) is 0 Å². The fraction of sp³-hybridized carbons (Fsp3) is 0.235. The summed E-state index contributed by atoms with van der Waals surface area (Å²) >= 11 is 0. The highest BCUT2D eigenvalue weighted by molar-refractivity contribution is 5.71. The number of benzene rings is 2. The van der Waals surface area contributed by atoms with Crippen LogP contribution < -0.4 is 10.1 Å². The lowest BCUT2D eigenvalue weighted by Crippen LogP contribution is -2.16. The zero-order valence-electron chi connectivity index (χ0n) is 12.2. The standard InChI is InChI=1S/C17H19NO3/c1-20-15-10-8-14(9-11-15)18-16(12-17(19)21-2)13-6-4-3-5-7-13/h3-11,16,18H,12H2,1-2H3/t16-/m0/s1. The van der Waals surface area contributed by atoms with Gasteiger partial charge in [-0.3, -0.25) is 4.79 Å². The summed E-state index contributed by atoms with van der Waals surface area (Å²) in [4.78, 5) is 11.6. The number of ether oxygens (including phenoxy) is 2. The summed E-state index contributed by atoms with van der Waals surface area (Å²) in [7, 11) is 3.03. The van der Waals surface area contributed by atoms with Gasteiger partial charge in [-0.15, -0.1) is 0 Å². The molecule has 0 aliphatic heterocycles. The van der Waals surface area contributed by atoms with Crippen LogP contribution in [0.4, 0.5) is 5.69 Å². The SMILES string of the molecule is COC(=O)C[C@H](Nc1ccc(OC)cc1)c1ccccc1. The number of hydrogen-bond acceptors (Lipinski definition) is 4. The summed E-state index contributed by atoms with van der Waals surface area (Å²) in [6.45, 7) is 0. The van der Waals surface area contributed by atoms with Gasteiger partial charge in [0.15, 0.2) is 0 Å². The molecule has 0 fully saturated rings. The molecule has 0 saturated heterocycles. The van der Waals surface area contributed by atoms with E-state index in [1.54, 1.807) is 7.11 Å².